The highest BCUT2D eigenvalue weighted by atomic mass is 32.1. The van der Waals surface area contributed by atoms with Gasteiger partial charge in [-0.1, -0.05) is 152 Å². The molecule has 1 aromatic heterocycles. The van der Waals surface area contributed by atoms with Crippen LogP contribution in [0.15, 0.2) is 146 Å². The number of benzene rings is 9. The summed E-state index contributed by atoms with van der Waals surface area (Å²) in [7, 11) is 0. The molecule has 1 heteroatoms. The zero-order chi connectivity index (χ0) is 45.8. The lowest BCUT2D eigenvalue weighted by Crippen LogP contribution is -2.17. The van der Waals surface area contributed by atoms with Crippen LogP contribution in [0, 0.1) is 13.8 Å². The largest absolute Gasteiger partial charge is 0.134 e. The van der Waals surface area contributed by atoms with Gasteiger partial charge in [-0.15, -0.1) is 11.3 Å². The van der Waals surface area contributed by atoms with Crippen LogP contribution in [-0.4, -0.2) is 0 Å². The number of aryl methyl sites for hydroxylation is 2. The summed E-state index contributed by atoms with van der Waals surface area (Å²) in [4.78, 5) is 2.72. The number of hydrogen-bond donors (Lipinski definition) is 0. The molecule has 0 amide bonds. The van der Waals surface area contributed by atoms with E-state index in [0.717, 1.165) is 0 Å². The zero-order valence-electron chi connectivity index (χ0n) is 40.3. The van der Waals surface area contributed by atoms with E-state index >= 15 is 0 Å². The highest BCUT2D eigenvalue weighted by Crippen LogP contribution is 2.60. The lowest BCUT2D eigenvalue weighted by molar-refractivity contribution is 0.652. The first-order valence-electron chi connectivity index (χ1n) is 24.3. The third-order valence-electron chi connectivity index (χ3n) is 17.6. The Balaban J connectivity index is 0.891. The van der Waals surface area contributed by atoms with Gasteiger partial charge < -0.3 is 0 Å². The summed E-state index contributed by atoms with van der Waals surface area (Å²) in [5, 5.41) is 8.05. The van der Waals surface area contributed by atoms with Crippen LogP contribution < -0.4 is 0 Å². The highest BCUT2D eigenvalue weighted by Gasteiger charge is 2.44. The van der Waals surface area contributed by atoms with Gasteiger partial charge in [-0.05, 0) is 195 Å². The topological polar surface area (TPSA) is 0 Å². The Hall–Kier alpha value is -6.54. The standard InChI is InChI=1S/C66H54S/c1-35-27-47-48(28-36(35)2)62(40-20-24-44-46-32-58-50(34-56(46)66(9,10)54(44)30-40)60-42-18-14-12-16-38(42)22-26-52(60)64(58,5)6)67-61(47)39-19-23-43-45-31-57-49(33-55(45)65(7,8)53(43)29-39)59-41-17-13-11-15-37(41)21-25-51(59)63(57,3)4/h11-34H,1-10H3. The van der Waals surface area contributed by atoms with Crippen LogP contribution in [0.4, 0.5) is 0 Å². The molecule has 10 aromatic rings. The normalized spacial score (nSPS) is 16.7. The number of hydrogen-bond acceptors (Lipinski definition) is 1. The summed E-state index contributed by atoms with van der Waals surface area (Å²) in [6.45, 7) is 24.0. The second kappa shape index (κ2) is 12.7. The van der Waals surface area contributed by atoms with Gasteiger partial charge in [-0.3, -0.25) is 0 Å². The van der Waals surface area contributed by atoms with Crippen molar-refractivity contribution in [2.75, 3.05) is 0 Å². The molecule has 0 atom stereocenters. The van der Waals surface area contributed by atoms with Crippen molar-refractivity contribution >= 4 is 43.7 Å². The van der Waals surface area contributed by atoms with Gasteiger partial charge in [-0.2, -0.15) is 0 Å². The van der Waals surface area contributed by atoms with Crippen molar-refractivity contribution in [1.29, 1.82) is 0 Å². The van der Waals surface area contributed by atoms with Crippen molar-refractivity contribution in [2.24, 2.45) is 0 Å². The van der Waals surface area contributed by atoms with E-state index in [1.165, 1.54) is 153 Å². The van der Waals surface area contributed by atoms with Gasteiger partial charge >= 0.3 is 0 Å². The first-order valence-corrected chi connectivity index (χ1v) is 25.1. The molecule has 0 saturated carbocycles. The van der Waals surface area contributed by atoms with Crippen molar-refractivity contribution < 1.29 is 0 Å². The smallest absolute Gasteiger partial charge is 0.0428 e. The zero-order valence-corrected chi connectivity index (χ0v) is 41.1. The third kappa shape index (κ3) is 4.93. The lowest BCUT2D eigenvalue weighted by atomic mass is 9.79. The molecule has 0 unspecified atom stereocenters. The molecule has 0 fully saturated rings. The summed E-state index contributed by atoms with van der Waals surface area (Å²) in [5.41, 5.74) is 27.5. The molecule has 67 heavy (non-hydrogen) atoms. The summed E-state index contributed by atoms with van der Waals surface area (Å²) in [5.74, 6) is 0. The maximum absolute atomic E-state index is 2.57. The molecule has 4 aliphatic carbocycles. The van der Waals surface area contributed by atoms with Crippen LogP contribution in [0.2, 0.25) is 0 Å². The van der Waals surface area contributed by atoms with Crippen molar-refractivity contribution in [3.63, 3.8) is 0 Å². The van der Waals surface area contributed by atoms with E-state index in [1.807, 2.05) is 11.3 Å². The van der Waals surface area contributed by atoms with Gasteiger partial charge in [0.15, 0.2) is 0 Å². The number of rotatable bonds is 2. The first kappa shape index (κ1) is 39.6. The summed E-state index contributed by atoms with van der Waals surface area (Å²) >= 11 is 1.98. The average molecular weight is 879 g/mol. The molecule has 1 heterocycles. The van der Waals surface area contributed by atoms with Gasteiger partial charge in [0, 0.05) is 42.2 Å². The van der Waals surface area contributed by atoms with Gasteiger partial charge in [0.05, 0.1) is 0 Å². The molecule has 9 aromatic carbocycles. The van der Waals surface area contributed by atoms with E-state index in [1.54, 1.807) is 0 Å². The minimum atomic E-state index is -0.152. The lowest BCUT2D eigenvalue weighted by Gasteiger charge is -2.24. The Kier molecular flexibility index (Phi) is 7.51. The molecule has 0 radical (unpaired) electrons. The van der Waals surface area contributed by atoms with Gasteiger partial charge in [0.2, 0.25) is 0 Å². The Morgan fingerprint density at radius 2 is 0.657 bits per heavy atom. The van der Waals surface area contributed by atoms with Crippen molar-refractivity contribution in [1.82, 2.24) is 0 Å². The Bertz CT molecular complexity index is 3680. The maximum atomic E-state index is 2.57. The SMILES string of the molecule is Cc1cc2c(-c3ccc4c(c3)C(C)(C)c3cc5c(cc3-4)C(C)(C)c3ccc4ccccc4c3-5)sc(-c3ccc4c(c3)C(C)(C)c3cc5c(cc3-4)C(C)(C)c3ccc4ccccc4c3-5)c2cc1C. The second-order valence-electron chi connectivity index (χ2n) is 22.6. The minimum Gasteiger partial charge on any atom is -0.134 e. The Labute approximate surface area is 399 Å². The van der Waals surface area contributed by atoms with Crippen molar-refractivity contribution in [3.8, 4) is 65.4 Å². The number of thiophene rings is 1. The van der Waals surface area contributed by atoms with Gasteiger partial charge in [-0.25, -0.2) is 0 Å². The van der Waals surface area contributed by atoms with Crippen LogP contribution in [0.1, 0.15) is 111 Å². The summed E-state index contributed by atoms with van der Waals surface area (Å²) < 4.78 is 0. The summed E-state index contributed by atoms with van der Waals surface area (Å²) in [6.07, 6.45) is 0. The Morgan fingerprint density at radius 3 is 1.09 bits per heavy atom. The fourth-order valence-corrected chi connectivity index (χ4v) is 14.8. The molecule has 0 aliphatic heterocycles. The molecular weight excluding hydrogens is 825 g/mol. The predicted octanol–water partition coefficient (Wildman–Crippen LogP) is 18.4. The molecule has 0 nitrogen and oxygen atoms in total. The molecule has 0 N–H and O–H groups in total. The molecule has 4 aliphatic rings. The third-order valence-corrected chi connectivity index (χ3v) is 18.9. The van der Waals surface area contributed by atoms with Crippen LogP contribution in [0.25, 0.3) is 97.7 Å². The van der Waals surface area contributed by atoms with Gasteiger partial charge in [0.25, 0.3) is 0 Å². The fraction of sp³-hybridized carbons (Fsp3) is 0.212. The molecule has 0 saturated heterocycles. The maximum Gasteiger partial charge on any atom is 0.0428 e. The minimum absolute atomic E-state index is 0.0765. The monoisotopic (exact) mass is 878 g/mol. The molecule has 14 rings (SSSR count). The van der Waals surface area contributed by atoms with Crippen LogP contribution in [0.5, 0.6) is 0 Å². The van der Waals surface area contributed by atoms with Crippen LogP contribution in [0.3, 0.4) is 0 Å². The fourth-order valence-electron chi connectivity index (χ4n) is 13.6. The van der Waals surface area contributed by atoms with Crippen molar-refractivity contribution in [2.45, 2.75) is 90.9 Å². The van der Waals surface area contributed by atoms with Crippen LogP contribution in [-0.2, 0) is 21.7 Å². The quantitative estimate of drug-likeness (QED) is 0.162. The summed E-state index contributed by atoms with van der Waals surface area (Å²) in [6, 6.07) is 57.2. The van der Waals surface area contributed by atoms with E-state index < -0.39 is 0 Å². The Morgan fingerprint density at radius 1 is 0.299 bits per heavy atom. The van der Waals surface area contributed by atoms with E-state index in [0.29, 0.717) is 0 Å². The first-order chi connectivity index (χ1) is 32.0. The number of fused-ring (bicyclic) bond motifs is 17. The van der Waals surface area contributed by atoms with E-state index in [9.17, 15) is 0 Å². The molecule has 0 spiro atoms. The molecule has 0 bridgehead atoms. The van der Waals surface area contributed by atoms with E-state index in [2.05, 4.69) is 215 Å². The molecular formula is C66H54S. The van der Waals surface area contributed by atoms with E-state index in [-0.39, 0.29) is 21.7 Å². The van der Waals surface area contributed by atoms with Crippen molar-refractivity contribution in [3.05, 3.63) is 201 Å². The second-order valence-corrected chi connectivity index (χ2v) is 23.6. The highest BCUT2D eigenvalue weighted by molar-refractivity contribution is 7.21. The van der Waals surface area contributed by atoms with E-state index in [4.69, 9.17) is 0 Å². The molecule has 324 valence electrons. The van der Waals surface area contributed by atoms with Crippen LogP contribution >= 0.6 is 11.3 Å². The van der Waals surface area contributed by atoms with Gasteiger partial charge in [0.1, 0.15) is 0 Å². The predicted molar refractivity (Wildman–Crippen MR) is 287 cm³/mol. The average Bonchev–Trinajstić information content (AvgIpc) is 4.01.